The van der Waals surface area contributed by atoms with Gasteiger partial charge in [-0.2, -0.15) is 0 Å². The van der Waals surface area contributed by atoms with Crippen LogP contribution >= 0.6 is 0 Å². The summed E-state index contributed by atoms with van der Waals surface area (Å²) in [6, 6.07) is 26.9. The van der Waals surface area contributed by atoms with Crippen molar-refractivity contribution in [2.24, 2.45) is 5.92 Å². The second-order valence-electron chi connectivity index (χ2n) is 8.91. The Morgan fingerprint density at radius 3 is 2.36 bits per heavy atom. The van der Waals surface area contributed by atoms with E-state index in [9.17, 15) is 4.79 Å². The smallest absolute Gasteiger partial charge is 0.220 e. The topological polar surface area (TPSA) is 43.3 Å². The molecule has 4 aromatic rings. The van der Waals surface area contributed by atoms with Crippen molar-refractivity contribution in [1.29, 1.82) is 0 Å². The second kappa shape index (κ2) is 10.4. The molecule has 0 spiro atoms. The molecule has 3 aromatic carbocycles. The number of rotatable bonds is 9. The van der Waals surface area contributed by atoms with Crippen LogP contribution < -0.4 is 10.1 Å². The molecule has 4 heteroatoms. The molecule has 0 unspecified atom stereocenters. The van der Waals surface area contributed by atoms with E-state index in [0.717, 1.165) is 23.4 Å². The number of hydrogen-bond donors (Lipinski definition) is 1. The van der Waals surface area contributed by atoms with Gasteiger partial charge in [-0.25, -0.2) is 0 Å². The Morgan fingerprint density at radius 1 is 0.909 bits per heavy atom. The molecule has 0 aliphatic carbocycles. The van der Waals surface area contributed by atoms with Crippen molar-refractivity contribution in [2.45, 2.75) is 32.7 Å². The van der Waals surface area contributed by atoms with Gasteiger partial charge in [0.1, 0.15) is 5.75 Å². The molecular weight excluding hydrogens is 408 g/mol. The first-order valence-corrected chi connectivity index (χ1v) is 11.6. The Kier molecular flexibility index (Phi) is 7.13. The van der Waals surface area contributed by atoms with Gasteiger partial charge < -0.3 is 14.6 Å². The monoisotopic (exact) mass is 440 g/mol. The van der Waals surface area contributed by atoms with E-state index in [1.807, 2.05) is 24.3 Å². The maximum atomic E-state index is 13.0. The minimum Gasteiger partial charge on any atom is -0.496 e. The summed E-state index contributed by atoms with van der Waals surface area (Å²) in [5, 5.41) is 4.27. The number of para-hydroxylation sites is 2. The van der Waals surface area contributed by atoms with Gasteiger partial charge in [0, 0.05) is 48.1 Å². The van der Waals surface area contributed by atoms with Crippen LogP contribution in [0.4, 0.5) is 0 Å². The fraction of sp³-hybridized carbons (Fsp3) is 0.276. The average Bonchev–Trinajstić information content (AvgIpc) is 3.20. The third-order valence-corrected chi connectivity index (χ3v) is 6.00. The minimum absolute atomic E-state index is 0.0551. The zero-order valence-corrected chi connectivity index (χ0v) is 19.6. The molecule has 1 aromatic heterocycles. The normalized spacial score (nSPS) is 12.1. The number of ether oxygens (including phenoxy) is 1. The van der Waals surface area contributed by atoms with Gasteiger partial charge in [-0.15, -0.1) is 0 Å². The first-order chi connectivity index (χ1) is 16.1. The van der Waals surface area contributed by atoms with Gasteiger partial charge in [0.2, 0.25) is 5.91 Å². The Labute approximate surface area is 196 Å². The lowest BCUT2D eigenvalue weighted by Gasteiger charge is -2.20. The van der Waals surface area contributed by atoms with E-state index in [4.69, 9.17) is 4.74 Å². The molecular formula is C29H32N2O2. The molecule has 170 valence electrons. The standard InChI is InChI=1S/C29H32N2O2/c1-21(2)18-30-29(32)17-25(24-14-8-10-16-28(24)33-3)26-20-31(19-22-11-5-4-6-12-22)27-15-9-7-13-23(26)27/h4-16,20-21,25H,17-19H2,1-3H3,(H,30,32)/t25-/m0/s1. The number of methoxy groups -OCH3 is 1. The van der Waals surface area contributed by atoms with Crippen LogP contribution in [0.25, 0.3) is 10.9 Å². The summed E-state index contributed by atoms with van der Waals surface area (Å²) in [4.78, 5) is 13.0. The highest BCUT2D eigenvalue weighted by atomic mass is 16.5. The number of nitrogens with one attached hydrogen (secondary N) is 1. The Bertz CT molecular complexity index is 1210. The summed E-state index contributed by atoms with van der Waals surface area (Å²) in [5.74, 6) is 1.15. The van der Waals surface area contributed by atoms with E-state index in [0.29, 0.717) is 18.9 Å². The molecule has 1 N–H and O–H groups in total. The summed E-state index contributed by atoms with van der Waals surface area (Å²) in [7, 11) is 1.69. The first-order valence-electron chi connectivity index (χ1n) is 11.6. The van der Waals surface area contributed by atoms with Gasteiger partial charge in [0.25, 0.3) is 0 Å². The van der Waals surface area contributed by atoms with Crippen LogP contribution in [0.3, 0.4) is 0 Å². The lowest BCUT2D eigenvalue weighted by molar-refractivity contribution is -0.121. The summed E-state index contributed by atoms with van der Waals surface area (Å²) in [6.45, 7) is 5.66. The second-order valence-corrected chi connectivity index (χ2v) is 8.91. The molecule has 1 amide bonds. The number of carbonyl (C=O) groups is 1. The van der Waals surface area contributed by atoms with Crippen LogP contribution in [0.2, 0.25) is 0 Å². The van der Waals surface area contributed by atoms with Crippen molar-refractivity contribution in [3.8, 4) is 5.75 Å². The van der Waals surface area contributed by atoms with Crippen LogP contribution in [-0.2, 0) is 11.3 Å². The molecule has 1 atom stereocenters. The zero-order chi connectivity index (χ0) is 23.2. The maximum absolute atomic E-state index is 13.0. The largest absolute Gasteiger partial charge is 0.496 e. The van der Waals surface area contributed by atoms with Crippen LogP contribution in [0.1, 0.15) is 42.9 Å². The Balaban J connectivity index is 1.79. The third kappa shape index (κ3) is 5.28. The van der Waals surface area contributed by atoms with E-state index < -0.39 is 0 Å². The van der Waals surface area contributed by atoms with Gasteiger partial charge in [-0.3, -0.25) is 4.79 Å². The van der Waals surface area contributed by atoms with Crippen molar-refractivity contribution < 1.29 is 9.53 Å². The van der Waals surface area contributed by atoms with Gasteiger partial charge in [0.05, 0.1) is 7.11 Å². The molecule has 4 rings (SSSR count). The average molecular weight is 441 g/mol. The predicted molar refractivity (Wildman–Crippen MR) is 135 cm³/mol. The summed E-state index contributed by atoms with van der Waals surface area (Å²) in [6.07, 6.45) is 2.58. The number of nitrogens with zero attached hydrogens (tertiary/aromatic N) is 1. The molecule has 0 aliphatic rings. The fourth-order valence-corrected chi connectivity index (χ4v) is 4.38. The van der Waals surface area contributed by atoms with Crippen LogP contribution in [-0.4, -0.2) is 24.1 Å². The molecule has 0 aliphatic heterocycles. The number of carbonyl (C=O) groups excluding carboxylic acids is 1. The van der Waals surface area contributed by atoms with Crippen molar-refractivity contribution in [3.05, 3.63) is 102 Å². The van der Waals surface area contributed by atoms with Gasteiger partial charge in [-0.1, -0.05) is 80.6 Å². The highest BCUT2D eigenvalue weighted by Crippen LogP contribution is 2.38. The van der Waals surface area contributed by atoms with Crippen molar-refractivity contribution in [2.75, 3.05) is 13.7 Å². The molecule has 0 saturated carbocycles. The van der Waals surface area contributed by atoms with Crippen LogP contribution in [0, 0.1) is 5.92 Å². The first kappa shape index (κ1) is 22.7. The summed E-state index contributed by atoms with van der Waals surface area (Å²) >= 11 is 0. The van der Waals surface area contributed by atoms with Crippen molar-refractivity contribution >= 4 is 16.8 Å². The van der Waals surface area contributed by atoms with E-state index in [2.05, 4.69) is 84.5 Å². The van der Waals surface area contributed by atoms with Gasteiger partial charge in [0.15, 0.2) is 0 Å². The fourth-order valence-electron chi connectivity index (χ4n) is 4.38. The number of benzene rings is 3. The number of hydrogen-bond acceptors (Lipinski definition) is 2. The summed E-state index contributed by atoms with van der Waals surface area (Å²) in [5.41, 5.74) is 4.58. The molecule has 1 heterocycles. The van der Waals surface area contributed by atoms with E-state index in [1.165, 1.54) is 16.5 Å². The predicted octanol–water partition coefficient (Wildman–Crippen LogP) is 5.99. The van der Waals surface area contributed by atoms with Gasteiger partial charge >= 0.3 is 0 Å². The van der Waals surface area contributed by atoms with Gasteiger partial charge in [-0.05, 0) is 29.2 Å². The highest BCUT2D eigenvalue weighted by molar-refractivity contribution is 5.87. The number of fused-ring (bicyclic) bond motifs is 1. The summed E-state index contributed by atoms with van der Waals surface area (Å²) < 4.78 is 7.99. The van der Waals surface area contributed by atoms with Crippen molar-refractivity contribution in [3.63, 3.8) is 0 Å². The number of amides is 1. The van der Waals surface area contributed by atoms with E-state index in [-0.39, 0.29) is 11.8 Å². The molecule has 0 fully saturated rings. The Morgan fingerprint density at radius 2 is 1.61 bits per heavy atom. The molecule has 0 radical (unpaired) electrons. The quantitative estimate of drug-likeness (QED) is 0.347. The molecule has 4 nitrogen and oxygen atoms in total. The Hall–Kier alpha value is -3.53. The number of aromatic nitrogens is 1. The SMILES string of the molecule is COc1ccccc1[C@H](CC(=O)NCC(C)C)c1cn(Cc2ccccc2)c2ccccc12. The lowest BCUT2D eigenvalue weighted by Crippen LogP contribution is -2.28. The molecule has 0 bridgehead atoms. The van der Waals surface area contributed by atoms with E-state index >= 15 is 0 Å². The maximum Gasteiger partial charge on any atom is 0.220 e. The molecule has 0 saturated heterocycles. The third-order valence-electron chi connectivity index (χ3n) is 6.00. The zero-order valence-electron chi connectivity index (χ0n) is 19.6. The lowest BCUT2D eigenvalue weighted by atomic mass is 9.87. The molecule has 33 heavy (non-hydrogen) atoms. The van der Waals surface area contributed by atoms with E-state index in [1.54, 1.807) is 7.11 Å². The highest BCUT2D eigenvalue weighted by Gasteiger charge is 2.25. The van der Waals surface area contributed by atoms with Crippen LogP contribution in [0.15, 0.2) is 85.1 Å². The minimum atomic E-state index is -0.116. The van der Waals surface area contributed by atoms with Crippen LogP contribution in [0.5, 0.6) is 5.75 Å². The van der Waals surface area contributed by atoms with Crippen molar-refractivity contribution in [1.82, 2.24) is 9.88 Å².